The van der Waals surface area contributed by atoms with Crippen LogP contribution in [0.3, 0.4) is 0 Å². The lowest BCUT2D eigenvalue weighted by atomic mass is 10.0. The zero-order valence-electron chi connectivity index (χ0n) is 11.3. The third-order valence-electron chi connectivity index (χ3n) is 2.65. The number of hydrogen-bond donors (Lipinski definition) is 1. The largest absolute Gasteiger partial charge is 0.341 e. The van der Waals surface area contributed by atoms with E-state index in [0.29, 0.717) is 25.4 Å². The average Bonchev–Trinajstić information content (AvgIpc) is 2.29. The Kier molecular flexibility index (Phi) is 8.43. The van der Waals surface area contributed by atoms with Gasteiger partial charge in [-0.2, -0.15) is 5.26 Å². The number of amides is 1. The summed E-state index contributed by atoms with van der Waals surface area (Å²) in [6, 6.07) is 2.09. The van der Waals surface area contributed by atoms with Crippen LogP contribution in [-0.2, 0) is 4.79 Å². The van der Waals surface area contributed by atoms with Crippen molar-refractivity contribution in [2.75, 3.05) is 19.6 Å². The van der Waals surface area contributed by atoms with Crippen molar-refractivity contribution in [2.24, 2.45) is 17.6 Å². The van der Waals surface area contributed by atoms with Crippen molar-refractivity contribution < 1.29 is 4.79 Å². The molecule has 17 heavy (non-hydrogen) atoms. The number of rotatable bonds is 8. The van der Waals surface area contributed by atoms with E-state index >= 15 is 0 Å². The maximum atomic E-state index is 12.2. The third kappa shape index (κ3) is 6.96. The second-order valence-electron chi connectivity index (χ2n) is 4.92. The van der Waals surface area contributed by atoms with Gasteiger partial charge < -0.3 is 10.6 Å². The Hall–Kier alpha value is -1.08. The standard InChI is InChI=1S/C13H25N3O/c1-11(2)10-16(9-5-8-15)13(17)12(3)6-4-7-14/h11-12H,4-7,9-10,14H2,1-3H3. The van der Waals surface area contributed by atoms with Crippen LogP contribution in [0.1, 0.15) is 40.0 Å². The number of carbonyl (C=O) groups excluding carboxylic acids is 1. The van der Waals surface area contributed by atoms with Crippen LogP contribution in [-0.4, -0.2) is 30.4 Å². The molecule has 0 bridgehead atoms. The molecule has 4 nitrogen and oxygen atoms in total. The van der Waals surface area contributed by atoms with E-state index in [9.17, 15) is 4.79 Å². The lowest BCUT2D eigenvalue weighted by molar-refractivity contribution is -0.135. The normalized spacial score (nSPS) is 12.2. The Balaban J connectivity index is 4.34. The summed E-state index contributed by atoms with van der Waals surface area (Å²) < 4.78 is 0. The molecule has 1 unspecified atom stereocenters. The number of hydrogen-bond acceptors (Lipinski definition) is 3. The fraction of sp³-hybridized carbons (Fsp3) is 0.846. The number of nitriles is 1. The van der Waals surface area contributed by atoms with Crippen LogP contribution in [0.2, 0.25) is 0 Å². The molecule has 98 valence electrons. The monoisotopic (exact) mass is 239 g/mol. The van der Waals surface area contributed by atoms with Gasteiger partial charge in [0, 0.05) is 19.0 Å². The molecule has 1 atom stereocenters. The minimum atomic E-state index is 0.0102. The predicted octanol–water partition coefficient (Wildman–Crippen LogP) is 1.76. The minimum absolute atomic E-state index is 0.0102. The molecule has 0 aromatic heterocycles. The molecule has 1 amide bonds. The molecule has 0 radical (unpaired) electrons. The highest BCUT2D eigenvalue weighted by atomic mass is 16.2. The first kappa shape index (κ1) is 15.9. The fourth-order valence-electron chi connectivity index (χ4n) is 1.78. The Morgan fingerprint density at radius 3 is 2.53 bits per heavy atom. The summed E-state index contributed by atoms with van der Waals surface area (Å²) in [5, 5.41) is 8.61. The molecule has 2 N–H and O–H groups in total. The van der Waals surface area contributed by atoms with Crippen molar-refractivity contribution in [3.63, 3.8) is 0 Å². The van der Waals surface area contributed by atoms with Crippen molar-refractivity contribution in [2.45, 2.75) is 40.0 Å². The molecule has 0 heterocycles. The van der Waals surface area contributed by atoms with Gasteiger partial charge in [-0.1, -0.05) is 20.8 Å². The van der Waals surface area contributed by atoms with E-state index in [2.05, 4.69) is 19.9 Å². The lowest BCUT2D eigenvalue weighted by Crippen LogP contribution is -2.38. The maximum absolute atomic E-state index is 12.2. The number of carbonyl (C=O) groups is 1. The second-order valence-corrected chi connectivity index (χ2v) is 4.92. The van der Waals surface area contributed by atoms with E-state index in [1.54, 1.807) is 0 Å². The van der Waals surface area contributed by atoms with Crippen molar-refractivity contribution in [3.8, 4) is 6.07 Å². The maximum Gasteiger partial charge on any atom is 0.225 e. The van der Waals surface area contributed by atoms with Gasteiger partial charge in [0.25, 0.3) is 0 Å². The first-order chi connectivity index (χ1) is 8.02. The quantitative estimate of drug-likeness (QED) is 0.701. The highest BCUT2D eigenvalue weighted by Crippen LogP contribution is 2.11. The highest BCUT2D eigenvalue weighted by molar-refractivity contribution is 5.78. The second kappa shape index (κ2) is 9.00. The molecule has 0 saturated carbocycles. The Morgan fingerprint density at radius 1 is 1.41 bits per heavy atom. The van der Waals surface area contributed by atoms with Gasteiger partial charge in [0.2, 0.25) is 5.91 Å². The fourth-order valence-corrected chi connectivity index (χ4v) is 1.78. The SMILES string of the molecule is CC(C)CN(CCC#N)C(=O)C(C)CCCN. The van der Waals surface area contributed by atoms with Crippen molar-refractivity contribution >= 4 is 5.91 Å². The Labute approximate surface area is 105 Å². The predicted molar refractivity (Wildman–Crippen MR) is 69.1 cm³/mol. The van der Waals surface area contributed by atoms with Crippen LogP contribution in [0.4, 0.5) is 0 Å². The summed E-state index contributed by atoms with van der Waals surface area (Å²) in [6.07, 6.45) is 2.11. The van der Waals surface area contributed by atoms with Crippen LogP contribution in [0.5, 0.6) is 0 Å². The zero-order chi connectivity index (χ0) is 13.3. The molecule has 0 aliphatic rings. The van der Waals surface area contributed by atoms with Gasteiger partial charge in [-0.05, 0) is 25.3 Å². The van der Waals surface area contributed by atoms with Crippen LogP contribution in [0, 0.1) is 23.2 Å². The van der Waals surface area contributed by atoms with Crippen LogP contribution in [0.15, 0.2) is 0 Å². The smallest absolute Gasteiger partial charge is 0.225 e. The van der Waals surface area contributed by atoms with Gasteiger partial charge in [-0.3, -0.25) is 4.79 Å². The van der Waals surface area contributed by atoms with Crippen LogP contribution in [0.25, 0.3) is 0 Å². The molecule has 0 rings (SSSR count). The molecule has 0 spiro atoms. The van der Waals surface area contributed by atoms with E-state index in [-0.39, 0.29) is 11.8 Å². The van der Waals surface area contributed by atoms with Gasteiger partial charge in [-0.15, -0.1) is 0 Å². The van der Waals surface area contributed by atoms with Gasteiger partial charge in [0.05, 0.1) is 12.5 Å². The van der Waals surface area contributed by atoms with Gasteiger partial charge in [-0.25, -0.2) is 0 Å². The molecule has 0 aromatic carbocycles. The first-order valence-corrected chi connectivity index (χ1v) is 6.38. The van der Waals surface area contributed by atoms with E-state index in [4.69, 9.17) is 11.0 Å². The number of nitrogens with zero attached hydrogens (tertiary/aromatic N) is 2. The molecule has 0 aliphatic heterocycles. The Morgan fingerprint density at radius 2 is 2.06 bits per heavy atom. The summed E-state index contributed by atoms with van der Waals surface area (Å²) in [7, 11) is 0. The summed E-state index contributed by atoms with van der Waals surface area (Å²) in [6.45, 7) is 8.00. The summed E-state index contributed by atoms with van der Waals surface area (Å²) in [5.74, 6) is 0.595. The van der Waals surface area contributed by atoms with E-state index < -0.39 is 0 Å². The van der Waals surface area contributed by atoms with Crippen LogP contribution < -0.4 is 5.73 Å². The topological polar surface area (TPSA) is 70.1 Å². The van der Waals surface area contributed by atoms with Gasteiger partial charge >= 0.3 is 0 Å². The first-order valence-electron chi connectivity index (χ1n) is 6.38. The van der Waals surface area contributed by atoms with Crippen molar-refractivity contribution in [3.05, 3.63) is 0 Å². The summed E-state index contributed by atoms with van der Waals surface area (Å²) in [4.78, 5) is 14.0. The van der Waals surface area contributed by atoms with Gasteiger partial charge in [0.15, 0.2) is 0 Å². The summed E-state index contributed by atoms with van der Waals surface area (Å²) in [5.41, 5.74) is 5.45. The molecule has 0 aliphatic carbocycles. The van der Waals surface area contributed by atoms with E-state index in [1.165, 1.54) is 0 Å². The molecule has 0 aromatic rings. The van der Waals surface area contributed by atoms with Crippen molar-refractivity contribution in [1.29, 1.82) is 5.26 Å². The average molecular weight is 239 g/mol. The third-order valence-corrected chi connectivity index (χ3v) is 2.65. The minimum Gasteiger partial charge on any atom is -0.341 e. The Bertz CT molecular complexity index is 258. The number of nitrogens with two attached hydrogens (primary N) is 1. The molecular formula is C13H25N3O. The molecule has 4 heteroatoms. The van der Waals surface area contributed by atoms with Crippen LogP contribution >= 0.6 is 0 Å². The molecule has 0 fully saturated rings. The highest BCUT2D eigenvalue weighted by Gasteiger charge is 2.20. The van der Waals surface area contributed by atoms with E-state index in [1.807, 2.05) is 11.8 Å². The molecule has 0 saturated heterocycles. The van der Waals surface area contributed by atoms with Gasteiger partial charge in [0.1, 0.15) is 0 Å². The zero-order valence-corrected chi connectivity index (χ0v) is 11.3. The summed E-state index contributed by atoms with van der Waals surface area (Å²) >= 11 is 0. The molecular weight excluding hydrogens is 214 g/mol. The van der Waals surface area contributed by atoms with Crippen molar-refractivity contribution in [1.82, 2.24) is 4.90 Å². The lowest BCUT2D eigenvalue weighted by Gasteiger charge is -2.26. The van der Waals surface area contributed by atoms with E-state index in [0.717, 1.165) is 19.4 Å².